The van der Waals surface area contributed by atoms with Gasteiger partial charge in [-0.2, -0.15) is 0 Å². The Morgan fingerprint density at radius 3 is 3.06 bits per heavy atom. The van der Waals surface area contributed by atoms with Crippen molar-refractivity contribution in [3.8, 4) is 0 Å². The monoisotopic (exact) mass is 253 g/mol. The van der Waals surface area contributed by atoms with E-state index in [4.69, 9.17) is 16.3 Å². The maximum atomic E-state index is 6.11. The normalized spacial score (nSPS) is 21.2. The van der Waals surface area contributed by atoms with Crippen LogP contribution in [-0.2, 0) is 11.3 Å². The van der Waals surface area contributed by atoms with Gasteiger partial charge in [-0.15, -0.1) is 0 Å². The van der Waals surface area contributed by atoms with Crippen LogP contribution in [0.15, 0.2) is 18.2 Å². The van der Waals surface area contributed by atoms with Gasteiger partial charge in [0.05, 0.1) is 0 Å². The first kappa shape index (κ1) is 12.9. The van der Waals surface area contributed by atoms with Crippen LogP contribution in [0.25, 0.3) is 0 Å². The summed E-state index contributed by atoms with van der Waals surface area (Å²) in [5, 5.41) is 4.44. The minimum Gasteiger partial charge on any atom is -0.381 e. The average molecular weight is 254 g/mol. The molecule has 0 bridgehead atoms. The van der Waals surface area contributed by atoms with Gasteiger partial charge in [-0.05, 0) is 43.4 Å². The van der Waals surface area contributed by atoms with Crippen molar-refractivity contribution in [2.45, 2.75) is 38.8 Å². The molecule has 0 aliphatic carbocycles. The molecule has 17 heavy (non-hydrogen) atoms. The summed E-state index contributed by atoms with van der Waals surface area (Å²) >= 11 is 6.11. The smallest absolute Gasteiger partial charge is 0.0480 e. The quantitative estimate of drug-likeness (QED) is 0.893. The molecule has 1 N–H and O–H groups in total. The Labute approximate surface area is 108 Å². The van der Waals surface area contributed by atoms with Crippen LogP contribution in [-0.4, -0.2) is 19.3 Å². The van der Waals surface area contributed by atoms with Crippen LogP contribution >= 0.6 is 11.6 Å². The van der Waals surface area contributed by atoms with Crippen LogP contribution in [0, 0.1) is 6.92 Å². The summed E-state index contributed by atoms with van der Waals surface area (Å²) in [4.78, 5) is 0. The minimum absolute atomic E-state index is 0.581. The van der Waals surface area contributed by atoms with E-state index in [2.05, 4.69) is 23.5 Å². The third kappa shape index (κ3) is 3.98. The van der Waals surface area contributed by atoms with Crippen molar-refractivity contribution in [3.63, 3.8) is 0 Å². The van der Waals surface area contributed by atoms with Gasteiger partial charge in [0.2, 0.25) is 0 Å². The molecule has 0 spiro atoms. The van der Waals surface area contributed by atoms with Gasteiger partial charge in [0.25, 0.3) is 0 Å². The highest BCUT2D eigenvalue weighted by Gasteiger charge is 2.11. The highest BCUT2D eigenvalue weighted by atomic mass is 35.5. The predicted octanol–water partition coefficient (Wildman–Crippen LogP) is 3.31. The summed E-state index contributed by atoms with van der Waals surface area (Å²) in [6.07, 6.45) is 3.48. The van der Waals surface area contributed by atoms with Crippen LogP contribution < -0.4 is 5.32 Å². The lowest BCUT2D eigenvalue weighted by atomic mass is 10.1. The number of halogens is 1. The molecule has 2 nitrogen and oxygen atoms in total. The topological polar surface area (TPSA) is 21.3 Å². The molecule has 1 saturated heterocycles. The van der Waals surface area contributed by atoms with E-state index >= 15 is 0 Å². The maximum absolute atomic E-state index is 6.11. The van der Waals surface area contributed by atoms with E-state index in [0.29, 0.717) is 6.04 Å². The van der Waals surface area contributed by atoms with Crippen LogP contribution in [0.5, 0.6) is 0 Å². The molecule has 0 unspecified atom stereocenters. The molecule has 1 aromatic carbocycles. The number of benzene rings is 1. The van der Waals surface area contributed by atoms with Gasteiger partial charge in [-0.1, -0.05) is 23.7 Å². The molecule has 0 amide bonds. The molecule has 94 valence electrons. The van der Waals surface area contributed by atoms with E-state index in [0.717, 1.165) is 43.2 Å². The van der Waals surface area contributed by atoms with Gasteiger partial charge in [-0.3, -0.25) is 0 Å². The van der Waals surface area contributed by atoms with Crippen molar-refractivity contribution in [1.29, 1.82) is 0 Å². The first-order valence-electron chi connectivity index (χ1n) is 6.32. The molecule has 0 aromatic heterocycles. The van der Waals surface area contributed by atoms with Crippen LogP contribution in [0.4, 0.5) is 0 Å². The highest BCUT2D eigenvalue weighted by Crippen LogP contribution is 2.17. The van der Waals surface area contributed by atoms with Gasteiger partial charge >= 0.3 is 0 Å². The first-order valence-corrected chi connectivity index (χ1v) is 6.69. The average Bonchev–Trinajstić information content (AvgIpc) is 2.59. The molecule has 2 rings (SSSR count). The van der Waals surface area contributed by atoms with Gasteiger partial charge in [-0.25, -0.2) is 0 Å². The van der Waals surface area contributed by atoms with Gasteiger partial charge < -0.3 is 10.1 Å². The summed E-state index contributed by atoms with van der Waals surface area (Å²) in [5.74, 6) is 0. The van der Waals surface area contributed by atoms with E-state index in [1.807, 2.05) is 6.92 Å². The molecule has 1 atom stereocenters. The van der Waals surface area contributed by atoms with Crippen molar-refractivity contribution >= 4 is 11.6 Å². The summed E-state index contributed by atoms with van der Waals surface area (Å²) in [7, 11) is 0. The number of ether oxygens (including phenoxy) is 1. The Morgan fingerprint density at radius 1 is 1.35 bits per heavy atom. The molecule has 3 heteroatoms. The van der Waals surface area contributed by atoms with Crippen LogP contribution in [0.3, 0.4) is 0 Å². The fourth-order valence-corrected chi connectivity index (χ4v) is 2.32. The summed E-state index contributed by atoms with van der Waals surface area (Å²) < 4.78 is 5.45. The van der Waals surface area contributed by atoms with E-state index in [1.54, 1.807) is 0 Å². The number of hydrogen-bond acceptors (Lipinski definition) is 2. The van der Waals surface area contributed by atoms with Gasteiger partial charge in [0, 0.05) is 30.8 Å². The van der Waals surface area contributed by atoms with E-state index in [9.17, 15) is 0 Å². The number of nitrogens with one attached hydrogen (secondary N) is 1. The molecule has 1 aliphatic rings. The Morgan fingerprint density at radius 2 is 2.24 bits per heavy atom. The molecule has 1 aromatic rings. The van der Waals surface area contributed by atoms with E-state index in [-0.39, 0.29) is 0 Å². The Hall–Kier alpha value is -0.570. The van der Waals surface area contributed by atoms with E-state index in [1.165, 1.54) is 12.0 Å². The van der Waals surface area contributed by atoms with Crippen molar-refractivity contribution in [1.82, 2.24) is 5.32 Å². The Kier molecular flexibility index (Phi) is 4.84. The Balaban J connectivity index is 1.85. The number of hydrogen-bond donors (Lipinski definition) is 1. The maximum Gasteiger partial charge on any atom is 0.0480 e. The zero-order valence-electron chi connectivity index (χ0n) is 10.3. The Bertz CT molecular complexity index is 359. The summed E-state index contributed by atoms with van der Waals surface area (Å²) in [6.45, 7) is 4.72. The first-order chi connectivity index (χ1) is 8.25. The second-order valence-electron chi connectivity index (χ2n) is 4.70. The van der Waals surface area contributed by atoms with Crippen molar-refractivity contribution in [3.05, 3.63) is 34.3 Å². The van der Waals surface area contributed by atoms with Crippen molar-refractivity contribution in [2.24, 2.45) is 0 Å². The molecule has 1 fully saturated rings. The third-order valence-electron chi connectivity index (χ3n) is 3.28. The van der Waals surface area contributed by atoms with Crippen molar-refractivity contribution in [2.75, 3.05) is 13.2 Å². The minimum atomic E-state index is 0.581. The van der Waals surface area contributed by atoms with Gasteiger partial charge in [0.15, 0.2) is 0 Å². The van der Waals surface area contributed by atoms with E-state index < -0.39 is 0 Å². The lowest BCUT2D eigenvalue weighted by molar-refractivity contribution is 0.142. The predicted molar refractivity (Wildman–Crippen MR) is 71.5 cm³/mol. The fourth-order valence-electron chi connectivity index (χ4n) is 2.12. The fraction of sp³-hybridized carbons (Fsp3) is 0.571. The lowest BCUT2D eigenvalue weighted by Gasteiger charge is -2.15. The standard InChI is InChI=1S/C14H20ClNO/c1-11-4-5-12(9-14(11)15)10-16-13-3-2-7-17-8-6-13/h4-5,9,13,16H,2-3,6-8,10H2,1H3/t13-/m0/s1. The number of aryl methyl sites for hydroxylation is 1. The SMILES string of the molecule is Cc1ccc(CN[C@H]2CCCOCC2)cc1Cl. The zero-order valence-corrected chi connectivity index (χ0v) is 11.1. The number of rotatable bonds is 3. The molecule has 0 saturated carbocycles. The van der Waals surface area contributed by atoms with Gasteiger partial charge in [0.1, 0.15) is 0 Å². The lowest BCUT2D eigenvalue weighted by Crippen LogP contribution is -2.28. The second kappa shape index (κ2) is 6.39. The van der Waals surface area contributed by atoms with Crippen molar-refractivity contribution < 1.29 is 4.74 Å². The molecular weight excluding hydrogens is 234 g/mol. The largest absolute Gasteiger partial charge is 0.381 e. The third-order valence-corrected chi connectivity index (χ3v) is 3.69. The molecule has 1 aliphatic heterocycles. The highest BCUT2D eigenvalue weighted by molar-refractivity contribution is 6.31. The molecule has 0 radical (unpaired) electrons. The summed E-state index contributed by atoms with van der Waals surface area (Å²) in [6, 6.07) is 6.85. The van der Waals surface area contributed by atoms with Crippen LogP contribution in [0.2, 0.25) is 5.02 Å². The zero-order chi connectivity index (χ0) is 12.1. The summed E-state index contributed by atoms with van der Waals surface area (Å²) in [5.41, 5.74) is 2.39. The molecule has 1 heterocycles. The van der Waals surface area contributed by atoms with Crippen LogP contribution in [0.1, 0.15) is 30.4 Å². The second-order valence-corrected chi connectivity index (χ2v) is 5.11. The molecular formula is C14H20ClNO.